The van der Waals surface area contributed by atoms with Crippen molar-refractivity contribution >= 4 is 0 Å². The molecule has 1 N–H and O–H groups in total. The van der Waals surface area contributed by atoms with Crippen LogP contribution >= 0.6 is 0 Å². The summed E-state index contributed by atoms with van der Waals surface area (Å²) in [5.74, 6) is 1.57. The molecule has 0 aromatic rings. The Morgan fingerprint density at radius 2 is 1.91 bits per heavy atom. The Labute approximate surface area is 65.6 Å². The highest BCUT2D eigenvalue weighted by Gasteiger charge is 2.36. The molecule has 0 radical (unpaired) electrons. The van der Waals surface area contributed by atoms with Crippen molar-refractivity contribution in [2.45, 2.75) is 18.9 Å². The van der Waals surface area contributed by atoms with Crippen molar-refractivity contribution in [1.82, 2.24) is 5.32 Å². The summed E-state index contributed by atoms with van der Waals surface area (Å²) in [6.07, 6.45) is 2.20. The fourth-order valence-electron chi connectivity index (χ4n) is 2.30. The maximum absolute atomic E-state index is 8.23. The van der Waals surface area contributed by atoms with Crippen LogP contribution in [0.5, 0.6) is 0 Å². The lowest BCUT2D eigenvalue weighted by molar-refractivity contribution is 0.494. The summed E-state index contributed by atoms with van der Waals surface area (Å²) in [4.78, 5) is 2.85. The third-order valence-electron chi connectivity index (χ3n) is 2.84. The average Bonchev–Trinajstić information content (AvgIpc) is 2.46. The van der Waals surface area contributed by atoms with E-state index >= 15 is 0 Å². The van der Waals surface area contributed by atoms with Gasteiger partial charge in [-0.2, -0.15) is 0 Å². The van der Waals surface area contributed by atoms with Gasteiger partial charge in [-0.05, 0) is 43.3 Å². The van der Waals surface area contributed by atoms with Gasteiger partial charge < -0.3 is 5.32 Å². The van der Waals surface area contributed by atoms with Crippen LogP contribution in [-0.2, 0) is 0 Å². The van der Waals surface area contributed by atoms with Gasteiger partial charge in [-0.15, -0.1) is 0 Å². The molecule has 1 heterocycles. The third kappa shape index (κ3) is 1.19. The first-order valence-electron chi connectivity index (χ1n) is 4.15. The first-order chi connectivity index (χ1) is 5.40. The van der Waals surface area contributed by atoms with Crippen LogP contribution < -0.4 is 5.32 Å². The molecule has 60 valence electrons. The number of rotatable bonds is 1. The highest BCUT2D eigenvalue weighted by Crippen LogP contribution is 2.35. The number of fused-ring (bicyclic) bond motifs is 1. The molecule has 4 heteroatoms. The second-order valence-electron chi connectivity index (χ2n) is 3.51. The third-order valence-corrected chi connectivity index (χ3v) is 2.84. The normalized spacial score (nSPS) is 41.6. The number of nitrogens with zero attached hydrogens (tertiary/aromatic N) is 3. The fraction of sp³-hybridized carbons (Fsp3) is 1.00. The minimum atomic E-state index is 0.289. The van der Waals surface area contributed by atoms with Gasteiger partial charge in [0.1, 0.15) is 0 Å². The zero-order chi connectivity index (χ0) is 7.68. The van der Waals surface area contributed by atoms with Crippen LogP contribution in [0.4, 0.5) is 0 Å². The molecule has 0 amide bonds. The standard InChI is InChI=1S/C7H12N4/c8-11-10-7-1-5-3-9-4-6(5)2-7/h5-7,9H,1-4H2/t5-,6+,7?. The predicted octanol–water partition coefficient (Wildman–Crippen LogP) is 1.29. The fourth-order valence-corrected chi connectivity index (χ4v) is 2.30. The van der Waals surface area contributed by atoms with Crippen LogP contribution in [0.15, 0.2) is 5.11 Å². The lowest BCUT2D eigenvalue weighted by atomic mass is 10.0. The van der Waals surface area contributed by atoms with Gasteiger partial charge >= 0.3 is 0 Å². The first kappa shape index (κ1) is 6.95. The SMILES string of the molecule is [N-]=[N+]=NC1C[C@H]2CNC[C@H]2C1. The zero-order valence-electron chi connectivity index (χ0n) is 6.40. The van der Waals surface area contributed by atoms with Crippen LogP contribution in [0.1, 0.15) is 12.8 Å². The average molecular weight is 152 g/mol. The summed E-state index contributed by atoms with van der Waals surface area (Å²) in [6.45, 7) is 2.25. The Kier molecular flexibility index (Phi) is 1.72. The minimum absolute atomic E-state index is 0.289. The summed E-state index contributed by atoms with van der Waals surface area (Å²) >= 11 is 0. The summed E-state index contributed by atoms with van der Waals surface area (Å²) in [6, 6.07) is 0.289. The molecule has 2 rings (SSSR count). The molecule has 1 saturated carbocycles. The van der Waals surface area contributed by atoms with Crippen molar-refractivity contribution in [3.05, 3.63) is 10.4 Å². The Morgan fingerprint density at radius 3 is 2.45 bits per heavy atom. The molecule has 1 saturated heterocycles. The van der Waals surface area contributed by atoms with E-state index in [-0.39, 0.29) is 6.04 Å². The van der Waals surface area contributed by atoms with E-state index < -0.39 is 0 Å². The Balaban J connectivity index is 1.99. The van der Waals surface area contributed by atoms with E-state index in [0.717, 1.165) is 37.8 Å². The van der Waals surface area contributed by atoms with Gasteiger partial charge in [0.2, 0.25) is 0 Å². The Hall–Kier alpha value is -0.730. The van der Waals surface area contributed by atoms with E-state index in [1.54, 1.807) is 0 Å². The first-order valence-corrected chi connectivity index (χ1v) is 4.15. The maximum atomic E-state index is 8.23. The van der Waals surface area contributed by atoms with Crippen molar-refractivity contribution in [3.8, 4) is 0 Å². The summed E-state index contributed by atoms with van der Waals surface area (Å²) in [5.41, 5.74) is 8.23. The van der Waals surface area contributed by atoms with Gasteiger partial charge in [-0.25, -0.2) is 0 Å². The second kappa shape index (κ2) is 2.72. The minimum Gasteiger partial charge on any atom is -0.316 e. The van der Waals surface area contributed by atoms with Crippen molar-refractivity contribution in [3.63, 3.8) is 0 Å². The number of hydrogen-bond acceptors (Lipinski definition) is 2. The van der Waals surface area contributed by atoms with E-state index in [0.29, 0.717) is 0 Å². The second-order valence-corrected chi connectivity index (χ2v) is 3.51. The molecular formula is C7H12N4. The molecule has 3 atom stereocenters. The molecule has 1 unspecified atom stereocenters. The van der Waals surface area contributed by atoms with E-state index in [1.807, 2.05) is 0 Å². The lowest BCUT2D eigenvalue weighted by Gasteiger charge is -2.02. The molecule has 0 spiro atoms. The van der Waals surface area contributed by atoms with Gasteiger partial charge in [0.05, 0.1) is 0 Å². The number of azide groups is 1. The van der Waals surface area contributed by atoms with Crippen molar-refractivity contribution in [2.24, 2.45) is 17.0 Å². The van der Waals surface area contributed by atoms with Crippen LogP contribution in [0, 0.1) is 11.8 Å². The molecule has 1 aliphatic carbocycles. The highest BCUT2D eigenvalue weighted by molar-refractivity contribution is 4.93. The molecule has 0 bridgehead atoms. The molecule has 0 aromatic carbocycles. The van der Waals surface area contributed by atoms with Gasteiger partial charge in [0.15, 0.2) is 0 Å². The van der Waals surface area contributed by atoms with Crippen LogP contribution in [0.2, 0.25) is 0 Å². The van der Waals surface area contributed by atoms with Crippen LogP contribution in [0.25, 0.3) is 10.4 Å². The summed E-state index contributed by atoms with van der Waals surface area (Å²) in [5, 5.41) is 7.11. The maximum Gasteiger partial charge on any atom is 0.0380 e. The molecule has 1 aliphatic heterocycles. The van der Waals surface area contributed by atoms with Crippen LogP contribution in [0.3, 0.4) is 0 Å². The molecule has 4 nitrogen and oxygen atoms in total. The monoisotopic (exact) mass is 152 g/mol. The smallest absolute Gasteiger partial charge is 0.0380 e. The van der Waals surface area contributed by atoms with E-state index in [9.17, 15) is 0 Å². The molecule has 2 fully saturated rings. The van der Waals surface area contributed by atoms with Crippen molar-refractivity contribution < 1.29 is 0 Å². The zero-order valence-corrected chi connectivity index (χ0v) is 6.40. The topological polar surface area (TPSA) is 60.8 Å². The largest absolute Gasteiger partial charge is 0.316 e. The van der Waals surface area contributed by atoms with Gasteiger partial charge in [-0.3, -0.25) is 0 Å². The summed E-state index contributed by atoms with van der Waals surface area (Å²) < 4.78 is 0. The van der Waals surface area contributed by atoms with Crippen LogP contribution in [-0.4, -0.2) is 19.1 Å². The van der Waals surface area contributed by atoms with E-state index in [4.69, 9.17) is 5.53 Å². The highest BCUT2D eigenvalue weighted by atomic mass is 15.2. The molecule has 2 aliphatic rings. The Morgan fingerprint density at radius 1 is 1.27 bits per heavy atom. The van der Waals surface area contributed by atoms with E-state index in [2.05, 4.69) is 15.3 Å². The summed E-state index contributed by atoms with van der Waals surface area (Å²) in [7, 11) is 0. The van der Waals surface area contributed by atoms with E-state index in [1.165, 1.54) is 0 Å². The van der Waals surface area contributed by atoms with Gasteiger partial charge in [-0.1, -0.05) is 5.11 Å². The lowest BCUT2D eigenvalue weighted by Crippen LogP contribution is -2.12. The molecular weight excluding hydrogens is 140 g/mol. The van der Waals surface area contributed by atoms with Gasteiger partial charge in [0.25, 0.3) is 0 Å². The molecule has 11 heavy (non-hydrogen) atoms. The number of nitrogens with one attached hydrogen (secondary N) is 1. The molecule has 0 aromatic heterocycles. The number of hydrogen-bond donors (Lipinski definition) is 1. The van der Waals surface area contributed by atoms with Gasteiger partial charge in [0, 0.05) is 11.0 Å². The quantitative estimate of drug-likeness (QED) is 0.343. The van der Waals surface area contributed by atoms with Crippen molar-refractivity contribution in [1.29, 1.82) is 0 Å². The predicted molar refractivity (Wildman–Crippen MR) is 42.0 cm³/mol. The van der Waals surface area contributed by atoms with Crippen molar-refractivity contribution in [2.75, 3.05) is 13.1 Å². The Bertz CT molecular complexity index is 185.